The molecule has 6 heteroatoms. The van der Waals surface area contributed by atoms with Gasteiger partial charge in [-0.25, -0.2) is 9.97 Å². The predicted octanol–water partition coefficient (Wildman–Crippen LogP) is 4.08. The van der Waals surface area contributed by atoms with E-state index >= 15 is 0 Å². The standard InChI is InChI=1S/C21H28N4OS/c1-5-24(4)20(26)18-10-8-9-17(13-18)14-27-21-22-16(3)15(2)19(23-21)25-11-6-7-12-25/h8-10,13H,5-7,11-12,14H2,1-4H3. The van der Waals surface area contributed by atoms with Gasteiger partial charge in [0.25, 0.3) is 5.91 Å². The van der Waals surface area contributed by atoms with Gasteiger partial charge in [0, 0.05) is 49.3 Å². The van der Waals surface area contributed by atoms with Crippen LogP contribution in [0.3, 0.4) is 0 Å². The number of nitrogens with zero attached hydrogens (tertiary/aromatic N) is 4. The van der Waals surface area contributed by atoms with E-state index in [2.05, 4.69) is 29.8 Å². The lowest BCUT2D eigenvalue weighted by molar-refractivity contribution is 0.0802. The maximum absolute atomic E-state index is 12.4. The summed E-state index contributed by atoms with van der Waals surface area (Å²) in [5.74, 6) is 1.89. The second-order valence-electron chi connectivity index (χ2n) is 7.04. The lowest BCUT2D eigenvalue weighted by atomic mass is 10.1. The molecule has 1 aromatic carbocycles. The van der Waals surface area contributed by atoms with Crippen LogP contribution in [-0.4, -0.2) is 47.5 Å². The van der Waals surface area contributed by atoms with E-state index in [4.69, 9.17) is 4.98 Å². The van der Waals surface area contributed by atoms with E-state index in [1.165, 1.54) is 18.4 Å². The van der Waals surface area contributed by atoms with Crippen LogP contribution in [0.15, 0.2) is 29.4 Å². The van der Waals surface area contributed by atoms with E-state index in [-0.39, 0.29) is 5.91 Å². The first kappa shape index (κ1) is 19.7. The Morgan fingerprint density at radius 2 is 1.96 bits per heavy atom. The monoisotopic (exact) mass is 384 g/mol. The highest BCUT2D eigenvalue weighted by atomic mass is 32.2. The Morgan fingerprint density at radius 3 is 2.67 bits per heavy atom. The molecule has 0 bridgehead atoms. The second kappa shape index (κ2) is 8.74. The minimum Gasteiger partial charge on any atom is -0.356 e. The third-order valence-electron chi connectivity index (χ3n) is 5.11. The van der Waals surface area contributed by atoms with Crippen molar-refractivity contribution in [3.63, 3.8) is 0 Å². The van der Waals surface area contributed by atoms with Gasteiger partial charge in [-0.05, 0) is 51.3 Å². The minimum absolute atomic E-state index is 0.0584. The van der Waals surface area contributed by atoms with Gasteiger partial charge in [0.2, 0.25) is 0 Å². The summed E-state index contributed by atoms with van der Waals surface area (Å²) in [5, 5.41) is 0.808. The summed E-state index contributed by atoms with van der Waals surface area (Å²) in [6.45, 7) is 9.00. The first-order chi connectivity index (χ1) is 13.0. The van der Waals surface area contributed by atoms with E-state index in [1.807, 2.05) is 32.2 Å². The summed E-state index contributed by atoms with van der Waals surface area (Å²) in [6, 6.07) is 7.85. The number of thioether (sulfide) groups is 1. The van der Waals surface area contributed by atoms with Crippen LogP contribution in [-0.2, 0) is 5.75 Å². The number of rotatable bonds is 6. The molecule has 0 atom stereocenters. The van der Waals surface area contributed by atoms with E-state index in [0.717, 1.165) is 46.6 Å². The number of aryl methyl sites for hydroxylation is 1. The highest BCUT2D eigenvalue weighted by molar-refractivity contribution is 7.98. The fourth-order valence-corrected chi connectivity index (χ4v) is 4.02. The van der Waals surface area contributed by atoms with Crippen molar-refractivity contribution in [1.29, 1.82) is 0 Å². The Kier molecular flexibility index (Phi) is 6.37. The van der Waals surface area contributed by atoms with Gasteiger partial charge in [0.1, 0.15) is 5.82 Å². The third-order valence-corrected chi connectivity index (χ3v) is 6.03. The van der Waals surface area contributed by atoms with E-state index in [0.29, 0.717) is 6.54 Å². The molecule has 1 aromatic heterocycles. The number of benzene rings is 1. The van der Waals surface area contributed by atoms with E-state index < -0.39 is 0 Å². The van der Waals surface area contributed by atoms with Gasteiger partial charge in [-0.15, -0.1) is 0 Å². The summed E-state index contributed by atoms with van der Waals surface area (Å²) >= 11 is 1.63. The van der Waals surface area contributed by atoms with Gasteiger partial charge in [-0.2, -0.15) is 0 Å². The topological polar surface area (TPSA) is 49.3 Å². The van der Waals surface area contributed by atoms with Crippen molar-refractivity contribution in [3.8, 4) is 0 Å². The van der Waals surface area contributed by atoms with Gasteiger partial charge >= 0.3 is 0 Å². The Bertz CT molecular complexity index is 818. The molecule has 1 aliphatic heterocycles. The molecule has 0 radical (unpaired) electrons. The molecule has 27 heavy (non-hydrogen) atoms. The van der Waals surface area contributed by atoms with Crippen LogP contribution in [0.25, 0.3) is 0 Å². The average molecular weight is 385 g/mol. The van der Waals surface area contributed by atoms with Gasteiger partial charge in [0.15, 0.2) is 5.16 Å². The molecule has 0 unspecified atom stereocenters. The fraction of sp³-hybridized carbons (Fsp3) is 0.476. The third kappa shape index (κ3) is 4.61. The zero-order chi connectivity index (χ0) is 19.4. The molecule has 1 saturated heterocycles. The molecule has 1 amide bonds. The lowest BCUT2D eigenvalue weighted by Gasteiger charge is -2.20. The van der Waals surface area contributed by atoms with E-state index in [1.54, 1.807) is 16.7 Å². The minimum atomic E-state index is 0.0584. The Labute approximate surface area is 166 Å². The fourth-order valence-electron chi connectivity index (χ4n) is 3.20. The first-order valence-corrected chi connectivity index (χ1v) is 10.6. The lowest BCUT2D eigenvalue weighted by Crippen LogP contribution is -2.26. The van der Waals surface area contributed by atoms with Crippen molar-refractivity contribution >= 4 is 23.5 Å². The van der Waals surface area contributed by atoms with Crippen LogP contribution in [0.4, 0.5) is 5.82 Å². The molecule has 2 heterocycles. The van der Waals surface area contributed by atoms with Crippen LogP contribution in [0.5, 0.6) is 0 Å². The summed E-state index contributed by atoms with van der Waals surface area (Å²) in [7, 11) is 1.83. The summed E-state index contributed by atoms with van der Waals surface area (Å²) in [6.07, 6.45) is 2.47. The average Bonchev–Trinajstić information content (AvgIpc) is 3.22. The van der Waals surface area contributed by atoms with Crippen LogP contribution < -0.4 is 4.90 Å². The van der Waals surface area contributed by atoms with Crippen molar-refractivity contribution in [2.45, 2.75) is 44.5 Å². The highest BCUT2D eigenvalue weighted by Gasteiger charge is 2.18. The molecule has 1 fully saturated rings. The number of carbonyl (C=O) groups excluding carboxylic acids is 1. The number of anilines is 1. The van der Waals surface area contributed by atoms with Gasteiger partial charge < -0.3 is 9.80 Å². The number of amides is 1. The summed E-state index contributed by atoms with van der Waals surface area (Å²) in [5.41, 5.74) is 4.07. The number of hydrogen-bond donors (Lipinski definition) is 0. The van der Waals surface area contributed by atoms with Crippen LogP contribution >= 0.6 is 11.8 Å². The molecule has 1 aliphatic rings. The number of aromatic nitrogens is 2. The van der Waals surface area contributed by atoms with Gasteiger partial charge in [-0.1, -0.05) is 23.9 Å². The van der Waals surface area contributed by atoms with Crippen molar-refractivity contribution in [1.82, 2.24) is 14.9 Å². The Morgan fingerprint density at radius 1 is 1.22 bits per heavy atom. The maximum atomic E-state index is 12.4. The predicted molar refractivity (Wildman–Crippen MR) is 112 cm³/mol. The zero-order valence-electron chi connectivity index (χ0n) is 16.7. The van der Waals surface area contributed by atoms with Crippen LogP contribution in [0, 0.1) is 13.8 Å². The summed E-state index contributed by atoms with van der Waals surface area (Å²) in [4.78, 5) is 26.0. The molecular weight excluding hydrogens is 356 g/mol. The number of carbonyl (C=O) groups is 1. The van der Waals surface area contributed by atoms with E-state index in [9.17, 15) is 4.79 Å². The SMILES string of the molecule is CCN(C)C(=O)c1cccc(CSc2nc(C)c(C)c(N3CCCC3)n2)c1. The molecule has 0 N–H and O–H groups in total. The molecule has 0 spiro atoms. The molecule has 5 nitrogen and oxygen atoms in total. The van der Waals surface area contributed by atoms with Crippen molar-refractivity contribution < 1.29 is 4.79 Å². The van der Waals surface area contributed by atoms with Gasteiger partial charge in [0.05, 0.1) is 0 Å². The molecule has 2 aromatic rings. The zero-order valence-corrected chi connectivity index (χ0v) is 17.5. The van der Waals surface area contributed by atoms with Crippen LogP contribution in [0.2, 0.25) is 0 Å². The number of hydrogen-bond acceptors (Lipinski definition) is 5. The second-order valence-corrected chi connectivity index (χ2v) is 7.99. The van der Waals surface area contributed by atoms with Gasteiger partial charge in [-0.3, -0.25) is 4.79 Å². The normalized spacial score (nSPS) is 13.9. The molecule has 3 rings (SSSR count). The van der Waals surface area contributed by atoms with Crippen molar-refractivity contribution in [3.05, 3.63) is 46.6 Å². The maximum Gasteiger partial charge on any atom is 0.253 e. The molecule has 0 saturated carbocycles. The smallest absolute Gasteiger partial charge is 0.253 e. The van der Waals surface area contributed by atoms with Crippen LogP contribution in [0.1, 0.15) is 46.9 Å². The van der Waals surface area contributed by atoms with Crippen molar-refractivity contribution in [2.75, 3.05) is 31.6 Å². The molecule has 144 valence electrons. The molecule has 0 aliphatic carbocycles. The molecular formula is C21H28N4OS. The Balaban J connectivity index is 1.74. The first-order valence-electron chi connectivity index (χ1n) is 9.57. The van der Waals surface area contributed by atoms with Crippen molar-refractivity contribution in [2.24, 2.45) is 0 Å². The largest absolute Gasteiger partial charge is 0.356 e. The quantitative estimate of drug-likeness (QED) is 0.555. The summed E-state index contributed by atoms with van der Waals surface area (Å²) < 4.78 is 0. The Hall–Kier alpha value is -2.08. The highest BCUT2D eigenvalue weighted by Crippen LogP contribution is 2.28.